The molecule has 0 radical (unpaired) electrons. The first-order chi connectivity index (χ1) is 27.5. The molecule has 0 aliphatic carbocycles. The molecule has 326 valence electrons. The number of ether oxygens (including phenoxy) is 2. The average molecular weight is 824 g/mol. The molecular weight excluding hydrogens is 749 g/mol. The van der Waals surface area contributed by atoms with Gasteiger partial charge in [-0.15, -0.1) is 0 Å². The van der Waals surface area contributed by atoms with E-state index >= 15 is 0 Å². The number of unbranched alkanes of at least 4 members (excludes halogenated alkanes) is 11. The predicted molar refractivity (Wildman–Crippen MR) is 227 cm³/mol. The van der Waals surface area contributed by atoms with Gasteiger partial charge in [0.25, 0.3) is 0 Å². The van der Waals surface area contributed by atoms with Gasteiger partial charge in [0.05, 0.1) is 19.3 Å². The Hall–Kier alpha value is -3.12. The van der Waals surface area contributed by atoms with Crippen molar-refractivity contribution in [1.82, 2.24) is 0 Å². The molecule has 4 atom stereocenters. The molecule has 0 aromatic rings. The number of hydrogen-bond donors (Lipinski definition) is 4. The van der Waals surface area contributed by atoms with Crippen LogP contribution in [0.1, 0.15) is 149 Å². The van der Waals surface area contributed by atoms with E-state index < -0.39 is 63.8 Å². The summed E-state index contributed by atoms with van der Waals surface area (Å²) in [6.45, 7) is 2.49. The third-order valence-electron chi connectivity index (χ3n) is 8.54. The van der Waals surface area contributed by atoms with Crippen LogP contribution in [-0.4, -0.2) is 71.1 Å². The lowest BCUT2D eigenvalue weighted by Gasteiger charge is -2.20. The number of carboxylic acid groups (broad SMARTS) is 1. The number of aliphatic hydroxyl groups is 1. The Balaban J connectivity index is 4.57. The molecule has 57 heavy (non-hydrogen) atoms. The topological polar surface area (TPSA) is 192 Å². The molecule has 0 aliphatic heterocycles. The third-order valence-corrected chi connectivity index (χ3v) is 9.49. The number of aliphatic hydroxyl groups excluding tert-OH is 1. The molecule has 0 bridgehead atoms. The number of allylic oxidation sites excluding steroid dienone is 11. The molecule has 0 fully saturated rings. The van der Waals surface area contributed by atoms with Crippen LogP contribution in [0.5, 0.6) is 0 Å². The fourth-order valence-corrected chi connectivity index (χ4v) is 5.98. The Morgan fingerprint density at radius 2 is 1.21 bits per heavy atom. The molecule has 0 amide bonds. The molecule has 0 aromatic carbocycles. The molecule has 0 saturated heterocycles. The molecule has 5 N–H and O–H groups in total. The van der Waals surface area contributed by atoms with Crippen molar-refractivity contribution in [2.75, 3.05) is 19.8 Å². The van der Waals surface area contributed by atoms with Gasteiger partial charge < -0.3 is 30.3 Å². The highest BCUT2D eigenvalue weighted by atomic mass is 31.2. The van der Waals surface area contributed by atoms with Crippen molar-refractivity contribution in [3.8, 4) is 0 Å². The fraction of sp³-hybridized carbons (Fsp3) is 0.659. The Labute approximate surface area is 343 Å². The van der Waals surface area contributed by atoms with Crippen molar-refractivity contribution in [3.63, 3.8) is 0 Å². The number of carbonyl (C=O) groups is 3. The van der Waals surface area contributed by atoms with Gasteiger partial charge in [0.15, 0.2) is 6.10 Å². The normalized spacial score (nSPS) is 15.0. The van der Waals surface area contributed by atoms with Gasteiger partial charge in [0.2, 0.25) is 0 Å². The van der Waals surface area contributed by atoms with Crippen molar-refractivity contribution in [2.45, 2.75) is 167 Å². The van der Waals surface area contributed by atoms with Crippen molar-refractivity contribution in [3.05, 3.63) is 72.9 Å². The number of rotatable bonds is 38. The zero-order valence-corrected chi connectivity index (χ0v) is 35.7. The Morgan fingerprint density at radius 3 is 1.89 bits per heavy atom. The molecule has 13 heteroatoms. The Kier molecular flexibility index (Phi) is 36.3. The highest BCUT2D eigenvalue weighted by Crippen LogP contribution is 2.43. The summed E-state index contributed by atoms with van der Waals surface area (Å²) >= 11 is 0. The van der Waals surface area contributed by atoms with E-state index in [0.717, 1.165) is 57.8 Å². The summed E-state index contributed by atoms with van der Waals surface area (Å²) < 4.78 is 32.5. The van der Waals surface area contributed by atoms with E-state index in [1.54, 1.807) is 6.08 Å². The van der Waals surface area contributed by atoms with Gasteiger partial charge in [-0.05, 0) is 64.2 Å². The van der Waals surface area contributed by atoms with Crippen molar-refractivity contribution in [2.24, 2.45) is 5.73 Å². The number of esters is 2. The van der Waals surface area contributed by atoms with Crippen LogP contribution >= 0.6 is 7.82 Å². The monoisotopic (exact) mass is 823 g/mol. The SMILES string of the molecule is CC/C=C/C/C=C/C=C/C(O)CCCCCCCC(=O)O[C@H](COC(=O)CCC/C=C\C/C=C\C/C=C\CCCCCCCC)COP(=O)(O)OC[C@H](N)C(=O)O. The zero-order chi connectivity index (χ0) is 42.2. The molecule has 12 nitrogen and oxygen atoms in total. The Bertz CT molecular complexity index is 1260. The standard InChI is InChI=1S/C44H74NO11P/c1-3-5-7-9-11-12-13-14-15-16-17-18-19-20-22-26-30-34-42(47)53-36-40(37-54-57(51,52)55-38-41(45)44(49)50)56-43(48)35-31-27-23-25-29-33-39(46)32-28-24-21-10-8-6-4-2/h6,8,14-15,17-18,20-22,24,28,32,39-41,46H,3-5,7,9-13,16,19,23,25-27,29-31,33-38,45H2,1-2H3,(H,49,50)(H,51,52)/b8-6+,15-14-,18-17-,22-20-,24-21+,32-28+/t39?,40-,41+/m1/s1. The van der Waals surface area contributed by atoms with E-state index in [-0.39, 0.29) is 12.8 Å². The lowest BCUT2D eigenvalue weighted by atomic mass is 10.1. The minimum Gasteiger partial charge on any atom is -0.480 e. The smallest absolute Gasteiger partial charge is 0.472 e. The summed E-state index contributed by atoms with van der Waals surface area (Å²) in [5.41, 5.74) is 5.32. The van der Waals surface area contributed by atoms with Gasteiger partial charge in [0.1, 0.15) is 12.6 Å². The van der Waals surface area contributed by atoms with Gasteiger partial charge in [-0.3, -0.25) is 23.4 Å². The highest BCUT2D eigenvalue weighted by molar-refractivity contribution is 7.47. The van der Waals surface area contributed by atoms with Crippen LogP contribution in [0.2, 0.25) is 0 Å². The number of carbonyl (C=O) groups excluding carboxylic acids is 2. The quantitative estimate of drug-likeness (QED) is 0.0152. The van der Waals surface area contributed by atoms with Crippen molar-refractivity contribution in [1.29, 1.82) is 0 Å². The van der Waals surface area contributed by atoms with E-state index in [4.69, 9.17) is 24.8 Å². The van der Waals surface area contributed by atoms with Gasteiger partial charge in [0, 0.05) is 12.8 Å². The molecule has 0 aliphatic rings. The lowest BCUT2D eigenvalue weighted by Crippen LogP contribution is -2.34. The van der Waals surface area contributed by atoms with Crippen LogP contribution < -0.4 is 5.73 Å². The second-order valence-electron chi connectivity index (χ2n) is 13.9. The maximum atomic E-state index is 12.6. The number of carboxylic acids is 1. The summed E-state index contributed by atoms with van der Waals surface area (Å²) in [6.07, 6.45) is 41.4. The summed E-state index contributed by atoms with van der Waals surface area (Å²) in [6, 6.07) is -1.55. The van der Waals surface area contributed by atoms with E-state index in [1.807, 2.05) is 30.4 Å². The molecule has 0 saturated carbocycles. The fourth-order valence-electron chi connectivity index (χ4n) is 5.20. The van der Waals surface area contributed by atoms with Crippen LogP contribution in [0.3, 0.4) is 0 Å². The summed E-state index contributed by atoms with van der Waals surface area (Å²) in [7, 11) is -4.76. The number of aliphatic carboxylic acids is 1. The maximum absolute atomic E-state index is 12.6. The highest BCUT2D eigenvalue weighted by Gasteiger charge is 2.28. The lowest BCUT2D eigenvalue weighted by molar-refractivity contribution is -0.161. The second kappa shape index (κ2) is 38.4. The zero-order valence-electron chi connectivity index (χ0n) is 34.8. The van der Waals surface area contributed by atoms with Crippen LogP contribution in [0.25, 0.3) is 0 Å². The molecule has 0 rings (SSSR count). The van der Waals surface area contributed by atoms with Gasteiger partial charge in [-0.25, -0.2) is 4.57 Å². The molecular formula is C44H74NO11P. The van der Waals surface area contributed by atoms with Gasteiger partial charge in [-0.2, -0.15) is 0 Å². The number of phosphoric acid groups is 1. The largest absolute Gasteiger partial charge is 0.480 e. The molecule has 2 unspecified atom stereocenters. The van der Waals surface area contributed by atoms with Gasteiger partial charge >= 0.3 is 25.7 Å². The predicted octanol–water partition coefficient (Wildman–Crippen LogP) is 9.92. The first-order valence-electron chi connectivity index (χ1n) is 21.1. The van der Waals surface area contributed by atoms with Crippen molar-refractivity contribution >= 4 is 25.7 Å². The first-order valence-corrected chi connectivity index (χ1v) is 22.6. The maximum Gasteiger partial charge on any atom is 0.472 e. The summed E-state index contributed by atoms with van der Waals surface area (Å²) in [5.74, 6) is -2.55. The number of phosphoric ester groups is 1. The van der Waals surface area contributed by atoms with E-state index in [0.29, 0.717) is 25.7 Å². The molecule has 0 aromatic heterocycles. The van der Waals surface area contributed by atoms with E-state index in [2.05, 4.69) is 54.8 Å². The van der Waals surface area contributed by atoms with Crippen LogP contribution in [0, 0.1) is 0 Å². The number of hydrogen-bond acceptors (Lipinski definition) is 10. The summed E-state index contributed by atoms with van der Waals surface area (Å²) in [5, 5.41) is 19.0. The second-order valence-corrected chi connectivity index (χ2v) is 15.4. The third kappa shape index (κ3) is 38.2. The van der Waals surface area contributed by atoms with E-state index in [1.165, 1.54) is 38.5 Å². The van der Waals surface area contributed by atoms with Crippen LogP contribution in [-0.2, 0) is 37.5 Å². The first kappa shape index (κ1) is 53.9. The number of nitrogens with two attached hydrogens (primary N) is 1. The van der Waals surface area contributed by atoms with Gasteiger partial charge in [-0.1, -0.05) is 145 Å². The summed E-state index contributed by atoms with van der Waals surface area (Å²) in [4.78, 5) is 45.9. The molecule has 0 spiro atoms. The van der Waals surface area contributed by atoms with Crippen LogP contribution in [0.15, 0.2) is 72.9 Å². The average Bonchev–Trinajstić information content (AvgIpc) is 3.18. The Morgan fingerprint density at radius 1 is 0.649 bits per heavy atom. The van der Waals surface area contributed by atoms with E-state index in [9.17, 15) is 28.9 Å². The minimum atomic E-state index is -4.76. The van der Waals surface area contributed by atoms with Crippen LogP contribution in [0.4, 0.5) is 0 Å². The minimum absolute atomic E-state index is 0.0772. The molecule has 0 heterocycles. The van der Waals surface area contributed by atoms with Crippen molar-refractivity contribution < 1.29 is 52.6 Å².